The van der Waals surface area contributed by atoms with E-state index in [9.17, 15) is 5.11 Å². The quantitative estimate of drug-likeness (QED) is 0.741. The lowest BCUT2D eigenvalue weighted by Gasteiger charge is -2.41. The summed E-state index contributed by atoms with van der Waals surface area (Å²) in [6.07, 6.45) is 3.07. The number of likely N-dealkylation sites (tertiary alicyclic amines) is 1. The third-order valence-corrected chi connectivity index (χ3v) is 3.60. The van der Waals surface area contributed by atoms with E-state index >= 15 is 0 Å². The molecule has 0 amide bonds. The Balaban J connectivity index is 2.29. The number of nitrogens with zero attached hydrogens (tertiary/aromatic N) is 2. The number of nitrogens with two attached hydrogens (primary N) is 1. The van der Waals surface area contributed by atoms with E-state index < -0.39 is 5.60 Å². The molecule has 1 aliphatic rings. The third kappa shape index (κ3) is 1.90. The van der Waals surface area contributed by atoms with Gasteiger partial charge in [0, 0.05) is 24.3 Å². The maximum atomic E-state index is 10.7. The molecular weight excluding hydrogens is 202 g/mol. The summed E-state index contributed by atoms with van der Waals surface area (Å²) in [6, 6.07) is 4.06. The summed E-state index contributed by atoms with van der Waals surface area (Å²) < 4.78 is 0. The molecule has 88 valence electrons. The number of hydrogen-bond donors (Lipinski definition) is 2. The number of rotatable bonds is 1. The highest BCUT2D eigenvalue weighted by molar-refractivity contribution is 5.43. The molecule has 0 aliphatic carbocycles. The van der Waals surface area contributed by atoms with Gasteiger partial charge in [-0.25, -0.2) is 4.98 Å². The molecule has 2 rings (SSSR count). The highest BCUT2D eigenvalue weighted by Crippen LogP contribution is 2.37. The summed E-state index contributed by atoms with van der Waals surface area (Å²) in [4.78, 5) is 6.30. The predicted molar refractivity (Wildman–Crippen MR) is 63.9 cm³/mol. The number of aliphatic hydroxyl groups is 1. The van der Waals surface area contributed by atoms with Crippen LogP contribution in [0.5, 0.6) is 0 Å². The van der Waals surface area contributed by atoms with E-state index in [0.717, 1.165) is 12.1 Å². The smallest absolute Gasteiger partial charge is 0.129 e. The van der Waals surface area contributed by atoms with Gasteiger partial charge in [0.15, 0.2) is 0 Å². The first kappa shape index (κ1) is 11.4. The van der Waals surface area contributed by atoms with Gasteiger partial charge >= 0.3 is 0 Å². The van der Waals surface area contributed by atoms with Crippen molar-refractivity contribution < 1.29 is 5.11 Å². The SMILES string of the molecule is CC1CC(O)(c2cccnc2N)CCN1C. The molecule has 1 aromatic heterocycles. The van der Waals surface area contributed by atoms with Crippen molar-refractivity contribution in [3.05, 3.63) is 23.9 Å². The monoisotopic (exact) mass is 221 g/mol. The standard InChI is InChI=1S/C12H19N3O/c1-9-8-12(16,5-7-15(9)2)10-4-3-6-14-11(10)13/h3-4,6,9,16H,5,7-8H2,1-2H3,(H2,13,14). The predicted octanol–water partition coefficient (Wildman–Crippen LogP) is 0.966. The molecule has 4 heteroatoms. The summed E-state index contributed by atoms with van der Waals surface area (Å²) in [7, 11) is 2.08. The molecule has 2 atom stereocenters. The average molecular weight is 221 g/mol. The summed E-state index contributed by atoms with van der Waals surface area (Å²) >= 11 is 0. The fraction of sp³-hybridized carbons (Fsp3) is 0.583. The van der Waals surface area contributed by atoms with Gasteiger partial charge < -0.3 is 15.7 Å². The fourth-order valence-electron chi connectivity index (χ4n) is 2.38. The Morgan fingerprint density at radius 2 is 2.38 bits per heavy atom. The van der Waals surface area contributed by atoms with Crippen molar-refractivity contribution in [1.29, 1.82) is 0 Å². The van der Waals surface area contributed by atoms with Gasteiger partial charge in [0.25, 0.3) is 0 Å². The first-order valence-corrected chi connectivity index (χ1v) is 5.66. The van der Waals surface area contributed by atoms with Crippen LogP contribution in [0.1, 0.15) is 25.3 Å². The number of nitrogen functional groups attached to an aromatic ring is 1. The van der Waals surface area contributed by atoms with Crippen molar-refractivity contribution in [1.82, 2.24) is 9.88 Å². The molecule has 1 aromatic rings. The Morgan fingerprint density at radius 1 is 1.62 bits per heavy atom. The van der Waals surface area contributed by atoms with Gasteiger partial charge in [0.05, 0.1) is 5.60 Å². The van der Waals surface area contributed by atoms with Crippen LogP contribution in [-0.4, -0.2) is 34.6 Å². The van der Waals surface area contributed by atoms with Gasteiger partial charge in [-0.1, -0.05) is 6.07 Å². The van der Waals surface area contributed by atoms with Crippen LogP contribution in [0.3, 0.4) is 0 Å². The van der Waals surface area contributed by atoms with Gasteiger partial charge in [-0.05, 0) is 32.9 Å². The van der Waals surface area contributed by atoms with Crippen molar-refractivity contribution in [2.75, 3.05) is 19.3 Å². The molecule has 2 heterocycles. The molecule has 1 aliphatic heterocycles. The van der Waals surface area contributed by atoms with Crippen LogP contribution in [0.4, 0.5) is 5.82 Å². The van der Waals surface area contributed by atoms with Crippen molar-refractivity contribution in [2.24, 2.45) is 0 Å². The molecule has 2 unspecified atom stereocenters. The molecule has 1 saturated heterocycles. The first-order valence-electron chi connectivity index (χ1n) is 5.66. The maximum Gasteiger partial charge on any atom is 0.129 e. The average Bonchev–Trinajstić information content (AvgIpc) is 2.25. The van der Waals surface area contributed by atoms with E-state index in [1.54, 1.807) is 6.20 Å². The van der Waals surface area contributed by atoms with Crippen molar-refractivity contribution >= 4 is 5.82 Å². The topological polar surface area (TPSA) is 62.4 Å². The van der Waals surface area contributed by atoms with E-state index in [0.29, 0.717) is 24.7 Å². The van der Waals surface area contributed by atoms with Crippen molar-refractivity contribution in [3.8, 4) is 0 Å². The lowest BCUT2D eigenvalue weighted by Crippen LogP contribution is -2.46. The minimum Gasteiger partial charge on any atom is -0.385 e. The second kappa shape index (κ2) is 4.03. The van der Waals surface area contributed by atoms with Crippen LogP contribution < -0.4 is 5.73 Å². The second-order valence-electron chi connectivity index (χ2n) is 4.75. The Hall–Kier alpha value is -1.13. The summed E-state index contributed by atoms with van der Waals surface area (Å²) in [5.74, 6) is 0.446. The van der Waals surface area contributed by atoms with Crippen molar-refractivity contribution in [3.63, 3.8) is 0 Å². The van der Waals surface area contributed by atoms with Gasteiger partial charge in [-0.2, -0.15) is 0 Å². The molecule has 0 saturated carbocycles. The molecule has 16 heavy (non-hydrogen) atoms. The Kier molecular flexibility index (Phi) is 2.86. The van der Waals surface area contributed by atoms with Gasteiger partial charge in [-0.15, -0.1) is 0 Å². The van der Waals surface area contributed by atoms with Crippen LogP contribution in [0.25, 0.3) is 0 Å². The minimum absolute atomic E-state index is 0.360. The van der Waals surface area contributed by atoms with Gasteiger partial charge in [-0.3, -0.25) is 0 Å². The van der Waals surface area contributed by atoms with E-state index in [2.05, 4.69) is 23.9 Å². The normalized spacial score (nSPS) is 31.6. The summed E-state index contributed by atoms with van der Waals surface area (Å²) in [5, 5.41) is 10.7. The van der Waals surface area contributed by atoms with E-state index in [1.165, 1.54) is 0 Å². The molecule has 0 bridgehead atoms. The van der Waals surface area contributed by atoms with Gasteiger partial charge in [0.2, 0.25) is 0 Å². The fourth-order valence-corrected chi connectivity index (χ4v) is 2.38. The second-order valence-corrected chi connectivity index (χ2v) is 4.75. The summed E-state index contributed by atoms with van der Waals surface area (Å²) in [5.41, 5.74) is 5.79. The van der Waals surface area contributed by atoms with Crippen LogP contribution in [0, 0.1) is 0 Å². The number of aromatic nitrogens is 1. The van der Waals surface area contributed by atoms with E-state index in [-0.39, 0.29) is 0 Å². The Morgan fingerprint density at radius 3 is 3.00 bits per heavy atom. The first-order chi connectivity index (χ1) is 7.53. The molecule has 0 radical (unpaired) electrons. The number of anilines is 1. The van der Waals surface area contributed by atoms with Gasteiger partial charge in [0.1, 0.15) is 5.82 Å². The van der Waals surface area contributed by atoms with Crippen LogP contribution in [-0.2, 0) is 5.60 Å². The zero-order chi connectivity index (χ0) is 11.8. The zero-order valence-corrected chi connectivity index (χ0v) is 9.85. The zero-order valence-electron chi connectivity index (χ0n) is 9.85. The highest BCUT2D eigenvalue weighted by atomic mass is 16.3. The highest BCUT2D eigenvalue weighted by Gasteiger charge is 2.37. The lowest BCUT2D eigenvalue weighted by molar-refractivity contribution is -0.0404. The molecule has 4 nitrogen and oxygen atoms in total. The third-order valence-electron chi connectivity index (χ3n) is 3.60. The van der Waals surface area contributed by atoms with E-state index in [1.807, 2.05) is 12.1 Å². The molecule has 0 aromatic carbocycles. The van der Waals surface area contributed by atoms with Crippen molar-refractivity contribution in [2.45, 2.75) is 31.4 Å². The largest absolute Gasteiger partial charge is 0.385 e. The number of piperidine rings is 1. The van der Waals surface area contributed by atoms with Crippen LogP contribution in [0.2, 0.25) is 0 Å². The molecule has 3 N–H and O–H groups in total. The van der Waals surface area contributed by atoms with Crippen LogP contribution in [0.15, 0.2) is 18.3 Å². The molecule has 0 spiro atoms. The van der Waals surface area contributed by atoms with E-state index in [4.69, 9.17) is 5.73 Å². The number of hydrogen-bond acceptors (Lipinski definition) is 4. The maximum absolute atomic E-state index is 10.7. The Labute approximate surface area is 96.1 Å². The van der Waals surface area contributed by atoms with Crippen LogP contribution >= 0.6 is 0 Å². The summed E-state index contributed by atoms with van der Waals surface area (Å²) in [6.45, 7) is 3.00. The molecule has 1 fully saturated rings. The minimum atomic E-state index is -0.815. The number of pyridine rings is 1. The lowest BCUT2D eigenvalue weighted by atomic mass is 9.81. The Bertz CT molecular complexity index is 382. The molecular formula is C12H19N3O.